The van der Waals surface area contributed by atoms with Gasteiger partial charge in [0, 0.05) is 6.42 Å². The molecule has 0 unspecified atom stereocenters. The highest BCUT2D eigenvalue weighted by Crippen LogP contribution is 2.05. The molecule has 0 aliphatic heterocycles. The Balaban J connectivity index is 3.63. The first-order valence-corrected chi connectivity index (χ1v) is 11.6. The first-order chi connectivity index (χ1) is 14.1. The third-order valence-corrected chi connectivity index (χ3v) is 4.57. The molecule has 0 heterocycles. The van der Waals surface area contributed by atoms with E-state index in [4.69, 9.17) is 0 Å². The molecule has 0 saturated heterocycles. The molecule has 0 aliphatic rings. The third-order valence-electron chi connectivity index (χ3n) is 4.57. The summed E-state index contributed by atoms with van der Waals surface area (Å²) in [6.45, 7) is 6.44. The molecular weight excluding hydrogens is 358 g/mol. The minimum atomic E-state index is -0.112. The van der Waals surface area contributed by atoms with Crippen molar-refractivity contribution in [3.8, 4) is 0 Å². The minimum Gasteiger partial charge on any atom is -0.394 e. The van der Waals surface area contributed by atoms with E-state index < -0.39 is 0 Å². The number of rotatable bonds is 18. The van der Waals surface area contributed by atoms with Crippen LogP contribution in [0.25, 0.3) is 0 Å². The number of carbonyl (C=O) groups excluding carboxylic acids is 1. The van der Waals surface area contributed by atoms with Crippen LogP contribution in [0.2, 0.25) is 0 Å². The Kier molecular flexibility index (Phi) is 19.9. The molecule has 166 valence electrons. The molecule has 0 aromatic rings. The quantitative estimate of drug-likeness (QED) is 0.199. The van der Waals surface area contributed by atoms with E-state index in [0.717, 1.165) is 38.5 Å². The van der Waals surface area contributed by atoms with Crippen molar-refractivity contribution in [1.82, 2.24) is 5.32 Å². The van der Waals surface area contributed by atoms with Gasteiger partial charge in [-0.1, -0.05) is 82.2 Å². The van der Waals surface area contributed by atoms with Crippen LogP contribution in [-0.2, 0) is 4.79 Å². The topological polar surface area (TPSA) is 49.3 Å². The van der Waals surface area contributed by atoms with Crippen LogP contribution in [0.1, 0.15) is 91.4 Å². The number of allylic oxidation sites excluding steroid dienone is 8. The summed E-state index contributed by atoms with van der Waals surface area (Å²) in [5.74, 6) is 0.511. The second-order valence-corrected chi connectivity index (χ2v) is 8.06. The van der Waals surface area contributed by atoms with Crippen LogP contribution in [0, 0.1) is 5.92 Å². The number of hydrogen-bond donors (Lipinski definition) is 2. The summed E-state index contributed by atoms with van der Waals surface area (Å²) in [4.78, 5) is 11.9. The number of amides is 1. The van der Waals surface area contributed by atoms with E-state index in [2.05, 4.69) is 74.7 Å². The predicted octanol–water partition coefficient (Wildman–Crippen LogP) is 6.66. The van der Waals surface area contributed by atoms with Gasteiger partial charge in [-0.3, -0.25) is 4.79 Å². The number of unbranched alkanes of at least 4 members (excludes halogenated alkanes) is 4. The van der Waals surface area contributed by atoms with Gasteiger partial charge in [-0.05, 0) is 57.3 Å². The number of aliphatic hydroxyl groups excluding tert-OH is 1. The van der Waals surface area contributed by atoms with Gasteiger partial charge in [-0.25, -0.2) is 0 Å². The Morgan fingerprint density at radius 3 is 1.83 bits per heavy atom. The van der Waals surface area contributed by atoms with Gasteiger partial charge in [0.15, 0.2) is 0 Å². The van der Waals surface area contributed by atoms with Gasteiger partial charge < -0.3 is 10.4 Å². The number of aliphatic hydroxyl groups is 1. The van der Waals surface area contributed by atoms with Crippen molar-refractivity contribution < 1.29 is 9.90 Å². The molecule has 0 rings (SSSR count). The Bertz CT molecular complexity index is 489. The van der Waals surface area contributed by atoms with Crippen LogP contribution in [0.4, 0.5) is 0 Å². The van der Waals surface area contributed by atoms with E-state index in [1.807, 2.05) is 0 Å². The molecule has 0 aliphatic carbocycles. The van der Waals surface area contributed by atoms with E-state index in [0.29, 0.717) is 12.3 Å². The summed E-state index contributed by atoms with van der Waals surface area (Å²) in [6, 6.07) is -0.112. The van der Waals surface area contributed by atoms with Gasteiger partial charge in [-0.15, -0.1) is 0 Å². The molecule has 3 heteroatoms. The highest BCUT2D eigenvalue weighted by atomic mass is 16.3. The lowest BCUT2D eigenvalue weighted by Gasteiger charge is -2.18. The summed E-state index contributed by atoms with van der Waals surface area (Å²) in [5.41, 5.74) is 0. The summed E-state index contributed by atoms with van der Waals surface area (Å²) in [5, 5.41) is 12.2. The maximum atomic E-state index is 11.9. The second-order valence-electron chi connectivity index (χ2n) is 8.06. The fourth-order valence-corrected chi connectivity index (χ4v) is 2.99. The van der Waals surface area contributed by atoms with Crippen LogP contribution < -0.4 is 5.32 Å². The molecule has 1 amide bonds. The van der Waals surface area contributed by atoms with Gasteiger partial charge in [0.05, 0.1) is 12.6 Å². The molecular formula is C26H45NO2. The average molecular weight is 404 g/mol. The van der Waals surface area contributed by atoms with Gasteiger partial charge in [-0.2, -0.15) is 0 Å². The molecule has 0 radical (unpaired) electrons. The smallest absolute Gasteiger partial charge is 0.220 e. The van der Waals surface area contributed by atoms with Crippen molar-refractivity contribution in [2.75, 3.05) is 6.61 Å². The second kappa shape index (κ2) is 21.1. The van der Waals surface area contributed by atoms with Gasteiger partial charge in [0.2, 0.25) is 5.91 Å². The third kappa shape index (κ3) is 20.9. The Labute approximate surface area is 180 Å². The first-order valence-electron chi connectivity index (χ1n) is 11.6. The van der Waals surface area contributed by atoms with E-state index >= 15 is 0 Å². The number of carbonyl (C=O) groups is 1. The Morgan fingerprint density at radius 2 is 1.34 bits per heavy atom. The summed E-state index contributed by atoms with van der Waals surface area (Å²) in [7, 11) is 0. The lowest BCUT2D eigenvalue weighted by Crippen LogP contribution is -2.38. The highest BCUT2D eigenvalue weighted by Gasteiger charge is 2.12. The summed E-state index contributed by atoms with van der Waals surface area (Å²) >= 11 is 0. The first kappa shape index (κ1) is 27.4. The fourth-order valence-electron chi connectivity index (χ4n) is 2.99. The minimum absolute atomic E-state index is 0.0150. The summed E-state index contributed by atoms with van der Waals surface area (Å²) in [6.07, 6.45) is 28.9. The molecule has 1 atom stereocenters. The number of nitrogens with one attached hydrogen (secondary N) is 1. The van der Waals surface area contributed by atoms with Crippen molar-refractivity contribution in [1.29, 1.82) is 0 Å². The Morgan fingerprint density at radius 1 is 0.828 bits per heavy atom. The SMILES string of the molecule is CCCCC/C=C\C/C=C\C/C=C\C/C=C\CCCC(=O)N[C@H](CO)CC(C)C. The van der Waals surface area contributed by atoms with E-state index in [9.17, 15) is 9.90 Å². The van der Waals surface area contributed by atoms with Crippen LogP contribution in [0.5, 0.6) is 0 Å². The van der Waals surface area contributed by atoms with Crippen molar-refractivity contribution >= 4 is 5.91 Å². The Hall–Kier alpha value is -1.61. The normalized spacial score (nSPS) is 13.6. The van der Waals surface area contributed by atoms with Crippen LogP contribution in [0.3, 0.4) is 0 Å². The maximum Gasteiger partial charge on any atom is 0.220 e. The highest BCUT2D eigenvalue weighted by molar-refractivity contribution is 5.76. The monoisotopic (exact) mass is 403 g/mol. The van der Waals surface area contributed by atoms with Gasteiger partial charge in [0.25, 0.3) is 0 Å². The molecule has 29 heavy (non-hydrogen) atoms. The predicted molar refractivity (Wildman–Crippen MR) is 127 cm³/mol. The fraction of sp³-hybridized carbons (Fsp3) is 0.654. The zero-order valence-corrected chi connectivity index (χ0v) is 19.1. The van der Waals surface area contributed by atoms with E-state index in [1.165, 1.54) is 25.7 Å². The van der Waals surface area contributed by atoms with Crippen LogP contribution >= 0.6 is 0 Å². The molecule has 0 aromatic heterocycles. The van der Waals surface area contributed by atoms with Crippen LogP contribution in [-0.4, -0.2) is 23.7 Å². The van der Waals surface area contributed by atoms with Crippen LogP contribution in [0.15, 0.2) is 48.6 Å². The van der Waals surface area contributed by atoms with Gasteiger partial charge >= 0.3 is 0 Å². The zero-order chi connectivity index (χ0) is 21.6. The molecule has 0 bridgehead atoms. The van der Waals surface area contributed by atoms with Gasteiger partial charge in [0.1, 0.15) is 0 Å². The van der Waals surface area contributed by atoms with Crippen molar-refractivity contribution in [3.63, 3.8) is 0 Å². The lowest BCUT2D eigenvalue weighted by molar-refractivity contribution is -0.122. The van der Waals surface area contributed by atoms with E-state index in [-0.39, 0.29) is 18.6 Å². The molecule has 0 spiro atoms. The average Bonchev–Trinajstić information content (AvgIpc) is 2.69. The number of hydrogen-bond acceptors (Lipinski definition) is 2. The molecule has 0 aromatic carbocycles. The van der Waals surface area contributed by atoms with E-state index in [1.54, 1.807) is 0 Å². The largest absolute Gasteiger partial charge is 0.394 e. The lowest BCUT2D eigenvalue weighted by atomic mass is 10.0. The van der Waals surface area contributed by atoms with Crippen molar-refractivity contribution in [2.24, 2.45) is 5.92 Å². The standard InChI is InChI=1S/C26H45NO2/c1-4-5-6-7-8-9-10-11-12-13-14-15-16-17-18-19-20-21-26(29)27-25(23-28)22-24(2)3/h8-9,11-12,14-15,17-18,24-25,28H,4-7,10,13,16,19-23H2,1-3H3,(H,27,29)/b9-8-,12-11-,15-14-,18-17-/t25-/m0/s1. The zero-order valence-electron chi connectivity index (χ0n) is 19.1. The molecule has 2 N–H and O–H groups in total. The molecule has 0 fully saturated rings. The molecule has 0 saturated carbocycles. The van der Waals surface area contributed by atoms with Crippen molar-refractivity contribution in [2.45, 2.75) is 97.4 Å². The summed E-state index contributed by atoms with van der Waals surface area (Å²) < 4.78 is 0. The molecule has 3 nitrogen and oxygen atoms in total. The van der Waals surface area contributed by atoms with Crippen molar-refractivity contribution in [3.05, 3.63) is 48.6 Å². The maximum absolute atomic E-state index is 11.9.